The highest BCUT2D eigenvalue weighted by atomic mass is 35.5. The quantitative estimate of drug-likeness (QED) is 0.884. The van der Waals surface area contributed by atoms with Gasteiger partial charge in [0.25, 0.3) is 0 Å². The lowest BCUT2D eigenvalue weighted by Gasteiger charge is -2.14. The standard InChI is InChI=1S/C12H13ClO3/c1-7-5-8(6-9(13)10(7)16-2)12(3-4-12)11(14)15/h5-6H,3-4H2,1-2H3,(H,14,15). The maximum absolute atomic E-state index is 11.2. The molecule has 86 valence electrons. The SMILES string of the molecule is COc1c(C)cc(C2(C(=O)O)CC2)cc1Cl. The molecule has 0 radical (unpaired) electrons. The molecule has 3 nitrogen and oxygen atoms in total. The van der Waals surface area contributed by atoms with E-state index in [4.69, 9.17) is 16.3 Å². The lowest BCUT2D eigenvalue weighted by molar-refractivity contribution is -0.140. The Morgan fingerprint density at radius 2 is 2.12 bits per heavy atom. The second kappa shape index (κ2) is 3.67. The van der Waals surface area contributed by atoms with Gasteiger partial charge in [0.2, 0.25) is 0 Å². The minimum absolute atomic E-state index is 0.477. The van der Waals surface area contributed by atoms with Gasteiger partial charge in [0.15, 0.2) is 0 Å². The van der Waals surface area contributed by atoms with Crippen molar-refractivity contribution in [3.05, 3.63) is 28.3 Å². The van der Waals surface area contributed by atoms with Gasteiger partial charge in [-0.15, -0.1) is 0 Å². The van der Waals surface area contributed by atoms with E-state index in [1.54, 1.807) is 13.2 Å². The molecular formula is C12H13ClO3. The third-order valence-electron chi connectivity index (χ3n) is 3.15. The van der Waals surface area contributed by atoms with Crippen molar-refractivity contribution < 1.29 is 14.6 Å². The fourth-order valence-electron chi connectivity index (χ4n) is 2.02. The average molecular weight is 241 g/mol. The third-order valence-corrected chi connectivity index (χ3v) is 3.43. The monoisotopic (exact) mass is 240 g/mol. The number of ether oxygens (including phenoxy) is 1. The van der Waals surface area contributed by atoms with Gasteiger partial charge in [-0.2, -0.15) is 0 Å². The fraction of sp³-hybridized carbons (Fsp3) is 0.417. The van der Waals surface area contributed by atoms with E-state index in [1.807, 2.05) is 13.0 Å². The summed E-state index contributed by atoms with van der Waals surface area (Å²) in [5.74, 6) is -0.153. The Morgan fingerprint density at radius 3 is 2.50 bits per heavy atom. The molecule has 0 aromatic heterocycles. The highest BCUT2D eigenvalue weighted by Gasteiger charge is 2.52. The molecule has 0 saturated heterocycles. The molecule has 2 rings (SSSR count). The van der Waals surface area contributed by atoms with E-state index in [-0.39, 0.29) is 0 Å². The molecule has 0 spiro atoms. The summed E-state index contributed by atoms with van der Waals surface area (Å²) in [6.45, 7) is 1.87. The van der Waals surface area contributed by atoms with E-state index in [2.05, 4.69) is 0 Å². The number of benzene rings is 1. The summed E-state index contributed by atoms with van der Waals surface area (Å²) in [7, 11) is 1.55. The molecular weight excluding hydrogens is 228 g/mol. The van der Waals surface area contributed by atoms with Crippen LogP contribution in [0.2, 0.25) is 5.02 Å². The largest absolute Gasteiger partial charge is 0.495 e. The van der Waals surface area contributed by atoms with Crippen LogP contribution in [0.3, 0.4) is 0 Å². The van der Waals surface area contributed by atoms with Crippen LogP contribution in [0.25, 0.3) is 0 Å². The van der Waals surface area contributed by atoms with Crippen molar-refractivity contribution in [3.8, 4) is 5.75 Å². The topological polar surface area (TPSA) is 46.5 Å². The highest BCUT2D eigenvalue weighted by molar-refractivity contribution is 6.32. The van der Waals surface area contributed by atoms with Crippen molar-refractivity contribution in [3.63, 3.8) is 0 Å². The maximum atomic E-state index is 11.2. The predicted molar refractivity (Wildman–Crippen MR) is 61.3 cm³/mol. The molecule has 0 aliphatic heterocycles. The molecule has 1 N–H and O–H groups in total. The summed E-state index contributed by atoms with van der Waals surface area (Å²) in [6, 6.07) is 3.56. The molecule has 4 heteroatoms. The van der Waals surface area contributed by atoms with Gasteiger partial charge in [-0.1, -0.05) is 17.7 Å². The molecule has 0 bridgehead atoms. The van der Waals surface area contributed by atoms with Crippen LogP contribution in [0.1, 0.15) is 24.0 Å². The van der Waals surface area contributed by atoms with Crippen LogP contribution < -0.4 is 4.74 Å². The molecule has 16 heavy (non-hydrogen) atoms. The second-order valence-electron chi connectivity index (χ2n) is 4.20. The molecule has 1 aliphatic carbocycles. The summed E-state index contributed by atoms with van der Waals surface area (Å²) in [5.41, 5.74) is 0.946. The lowest BCUT2D eigenvalue weighted by atomic mass is 9.94. The van der Waals surface area contributed by atoms with Crippen molar-refractivity contribution in [2.75, 3.05) is 7.11 Å². The average Bonchev–Trinajstić information content (AvgIpc) is 2.97. The summed E-state index contributed by atoms with van der Waals surface area (Å²) in [4.78, 5) is 11.2. The zero-order valence-electron chi connectivity index (χ0n) is 9.21. The van der Waals surface area contributed by atoms with Gasteiger partial charge < -0.3 is 9.84 Å². The van der Waals surface area contributed by atoms with Crippen LogP contribution in [0, 0.1) is 6.92 Å². The first-order chi connectivity index (χ1) is 7.51. The zero-order valence-corrected chi connectivity index (χ0v) is 9.97. The number of rotatable bonds is 3. The molecule has 1 saturated carbocycles. The minimum Gasteiger partial charge on any atom is -0.495 e. The summed E-state index contributed by atoms with van der Waals surface area (Å²) < 4.78 is 5.14. The Labute approximate surface area is 99.0 Å². The molecule has 1 aliphatic rings. The van der Waals surface area contributed by atoms with Gasteiger partial charge in [0, 0.05) is 0 Å². The van der Waals surface area contributed by atoms with E-state index in [1.165, 1.54) is 0 Å². The van der Waals surface area contributed by atoms with E-state index < -0.39 is 11.4 Å². The smallest absolute Gasteiger partial charge is 0.314 e. The Balaban J connectivity index is 2.49. The van der Waals surface area contributed by atoms with E-state index >= 15 is 0 Å². The number of carboxylic acids is 1. The third kappa shape index (κ3) is 1.55. The number of carbonyl (C=O) groups is 1. The van der Waals surface area contributed by atoms with Crippen molar-refractivity contribution in [2.45, 2.75) is 25.2 Å². The number of methoxy groups -OCH3 is 1. The summed E-state index contributed by atoms with van der Waals surface area (Å²) in [5, 5.41) is 9.67. The first-order valence-corrected chi connectivity index (χ1v) is 5.47. The summed E-state index contributed by atoms with van der Waals surface area (Å²) >= 11 is 6.06. The number of aliphatic carboxylic acids is 1. The normalized spacial score (nSPS) is 16.9. The predicted octanol–water partition coefficient (Wildman–Crippen LogP) is 2.77. The number of hydrogen-bond acceptors (Lipinski definition) is 2. The van der Waals surface area contributed by atoms with Gasteiger partial charge >= 0.3 is 5.97 Å². The van der Waals surface area contributed by atoms with Crippen molar-refractivity contribution in [2.24, 2.45) is 0 Å². The Bertz CT molecular complexity index is 427. The Kier molecular flexibility index (Phi) is 2.58. The van der Waals surface area contributed by atoms with E-state index in [0.717, 1.165) is 11.1 Å². The van der Waals surface area contributed by atoms with Crippen LogP contribution in [0.5, 0.6) is 5.75 Å². The van der Waals surface area contributed by atoms with E-state index in [9.17, 15) is 9.90 Å². The Hall–Kier alpha value is -1.22. The fourth-order valence-corrected chi connectivity index (χ4v) is 2.36. The van der Waals surface area contributed by atoms with E-state index in [0.29, 0.717) is 23.6 Å². The lowest BCUT2D eigenvalue weighted by Crippen LogP contribution is -2.19. The van der Waals surface area contributed by atoms with Crippen molar-refractivity contribution in [1.82, 2.24) is 0 Å². The van der Waals surface area contributed by atoms with Gasteiger partial charge in [-0.25, -0.2) is 0 Å². The number of halogens is 1. The van der Waals surface area contributed by atoms with Crippen LogP contribution in [-0.2, 0) is 10.2 Å². The minimum atomic E-state index is -0.770. The molecule has 0 amide bonds. The van der Waals surface area contributed by atoms with Crippen LogP contribution in [0.15, 0.2) is 12.1 Å². The van der Waals surface area contributed by atoms with Crippen molar-refractivity contribution >= 4 is 17.6 Å². The number of aryl methyl sites for hydroxylation is 1. The second-order valence-corrected chi connectivity index (χ2v) is 4.60. The maximum Gasteiger partial charge on any atom is 0.314 e. The molecule has 1 aromatic carbocycles. The van der Waals surface area contributed by atoms with Crippen LogP contribution in [0.4, 0.5) is 0 Å². The molecule has 1 aromatic rings. The first-order valence-electron chi connectivity index (χ1n) is 5.09. The van der Waals surface area contributed by atoms with Gasteiger partial charge in [-0.05, 0) is 37.0 Å². The Morgan fingerprint density at radius 1 is 1.50 bits per heavy atom. The zero-order chi connectivity index (χ0) is 11.9. The number of hydrogen-bond donors (Lipinski definition) is 1. The van der Waals surface area contributed by atoms with Gasteiger partial charge in [-0.3, -0.25) is 4.79 Å². The molecule has 0 unspecified atom stereocenters. The van der Waals surface area contributed by atoms with Crippen LogP contribution in [-0.4, -0.2) is 18.2 Å². The highest BCUT2D eigenvalue weighted by Crippen LogP contribution is 2.50. The summed E-state index contributed by atoms with van der Waals surface area (Å²) in [6.07, 6.45) is 1.37. The molecule has 0 heterocycles. The van der Waals surface area contributed by atoms with Gasteiger partial charge in [0.1, 0.15) is 5.75 Å². The number of carboxylic acid groups (broad SMARTS) is 1. The molecule has 0 atom stereocenters. The van der Waals surface area contributed by atoms with Gasteiger partial charge in [0.05, 0.1) is 17.5 Å². The van der Waals surface area contributed by atoms with Crippen molar-refractivity contribution in [1.29, 1.82) is 0 Å². The molecule has 1 fully saturated rings. The first kappa shape index (κ1) is 11.3. The van der Waals surface area contributed by atoms with Crippen LogP contribution >= 0.6 is 11.6 Å².